The molecule has 2 aromatic carbocycles. The summed E-state index contributed by atoms with van der Waals surface area (Å²) in [5.74, 6) is 1.74. The molecule has 0 bridgehead atoms. The van der Waals surface area contributed by atoms with Crippen LogP contribution in [0.4, 0.5) is 0 Å². The van der Waals surface area contributed by atoms with Gasteiger partial charge in [0.1, 0.15) is 5.75 Å². The molecule has 2 aliphatic rings. The Kier molecular flexibility index (Phi) is 3.13. The van der Waals surface area contributed by atoms with E-state index >= 15 is 0 Å². The molecule has 0 saturated heterocycles. The molecule has 0 spiro atoms. The number of phenolic OH excluding ortho intramolecular Hbond substituents is 2. The molecule has 4 rings (SSSR count). The highest BCUT2D eigenvalue weighted by Crippen LogP contribution is 2.49. The number of methoxy groups -OCH3 is 1. The Morgan fingerprint density at radius 3 is 2.78 bits per heavy atom. The van der Waals surface area contributed by atoms with E-state index in [9.17, 15) is 10.2 Å². The summed E-state index contributed by atoms with van der Waals surface area (Å²) in [4.78, 5) is 2.27. The minimum atomic E-state index is 0.101. The first kappa shape index (κ1) is 14.2. The summed E-state index contributed by atoms with van der Waals surface area (Å²) >= 11 is 0. The van der Waals surface area contributed by atoms with Gasteiger partial charge in [-0.05, 0) is 37.6 Å². The van der Waals surface area contributed by atoms with Crippen LogP contribution in [-0.2, 0) is 12.8 Å². The highest BCUT2D eigenvalue weighted by atomic mass is 16.5. The number of likely N-dealkylation sites (N-methyl/N-ethyl adjacent to an activating group) is 1. The SMILES string of the molecule is COc1cc2c(cc1O)C[C@H]1c3c(ccc(O)c3O2)CCN1C. The second-order valence-electron chi connectivity index (χ2n) is 6.17. The van der Waals surface area contributed by atoms with Gasteiger partial charge >= 0.3 is 0 Å². The van der Waals surface area contributed by atoms with Crippen molar-refractivity contribution in [2.75, 3.05) is 20.7 Å². The van der Waals surface area contributed by atoms with Crippen molar-refractivity contribution in [2.24, 2.45) is 0 Å². The van der Waals surface area contributed by atoms with E-state index in [4.69, 9.17) is 9.47 Å². The second-order valence-corrected chi connectivity index (χ2v) is 6.17. The molecule has 0 amide bonds. The molecule has 0 radical (unpaired) electrons. The summed E-state index contributed by atoms with van der Waals surface area (Å²) in [6, 6.07) is 7.17. The van der Waals surface area contributed by atoms with Crippen LogP contribution in [-0.4, -0.2) is 35.8 Å². The maximum absolute atomic E-state index is 10.3. The zero-order valence-corrected chi connectivity index (χ0v) is 13.2. The largest absolute Gasteiger partial charge is 0.504 e. The first-order chi connectivity index (χ1) is 11.1. The van der Waals surface area contributed by atoms with Crippen LogP contribution in [0.3, 0.4) is 0 Å². The molecule has 2 N–H and O–H groups in total. The van der Waals surface area contributed by atoms with Gasteiger partial charge in [-0.25, -0.2) is 0 Å². The maximum Gasteiger partial charge on any atom is 0.174 e. The van der Waals surface area contributed by atoms with E-state index in [0.29, 0.717) is 23.7 Å². The fraction of sp³-hybridized carbons (Fsp3) is 0.333. The molecule has 5 nitrogen and oxygen atoms in total. The molecule has 23 heavy (non-hydrogen) atoms. The van der Waals surface area contributed by atoms with Crippen LogP contribution in [0.15, 0.2) is 24.3 Å². The molecule has 2 aromatic rings. The predicted molar refractivity (Wildman–Crippen MR) is 85.6 cm³/mol. The normalized spacial score (nSPS) is 19.3. The zero-order chi connectivity index (χ0) is 16.1. The molecule has 0 aliphatic carbocycles. The topological polar surface area (TPSA) is 62.2 Å². The lowest BCUT2D eigenvalue weighted by atomic mass is 9.88. The summed E-state index contributed by atoms with van der Waals surface area (Å²) in [6.45, 7) is 0.958. The fourth-order valence-electron chi connectivity index (χ4n) is 3.58. The van der Waals surface area contributed by atoms with Crippen molar-refractivity contribution in [1.82, 2.24) is 4.90 Å². The van der Waals surface area contributed by atoms with E-state index in [1.807, 2.05) is 6.07 Å². The van der Waals surface area contributed by atoms with Gasteiger partial charge in [0.15, 0.2) is 23.0 Å². The van der Waals surface area contributed by atoms with E-state index in [0.717, 1.165) is 24.1 Å². The average molecular weight is 313 g/mol. The van der Waals surface area contributed by atoms with Gasteiger partial charge in [-0.3, -0.25) is 4.90 Å². The number of hydrogen-bond acceptors (Lipinski definition) is 5. The van der Waals surface area contributed by atoms with Gasteiger partial charge in [0.25, 0.3) is 0 Å². The third-order valence-corrected chi connectivity index (χ3v) is 4.85. The van der Waals surface area contributed by atoms with Crippen molar-refractivity contribution in [2.45, 2.75) is 18.9 Å². The van der Waals surface area contributed by atoms with Gasteiger partial charge in [-0.1, -0.05) is 6.07 Å². The first-order valence-corrected chi connectivity index (χ1v) is 7.71. The van der Waals surface area contributed by atoms with Crippen LogP contribution in [0.25, 0.3) is 0 Å². The van der Waals surface area contributed by atoms with Crippen molar-refractivity contribution >= 4 is 0 Å². The molecule has 0 fully saturated rings. The Morgan fingerprint density at radius 2 is 2.00 bits per heavy atom. The Bertz CT molecular complexity index is 787. The smallest absolute Gasteiger partial charge is 0.174 e. The summed E-state index contributed by atoms with van der Waals surface area (Å²) in [6.07, 6.45) is 1.65. The minimum absolute atomic E-state index is 0.101. The molecule has 2 aliphatic heterocycles. The summed E-state index contributed by atoms with van der Waals surface area (Å²) in [7, 11) is 3.59. The third-order valence-electron chi connectivity index (χ3n) is 4.85. The van der Waals surface area contributed by atoms with Crippen LogP contribution in [0.2, 0.25) is 0 Å². The Balaban J connectivity index is 1.94. The van der Waals surface area contributed by atoms with Crippen molar-refractivity contribution in [3.05, 3.63) is 41.0 Å². The van der Waals surface area contributed by atoms with E-state index in [-0.39, 0.29) is 17.5 Å². The van der Waals surface area contributed by atoms with Gasteiger partial charge in [-0.2, -0.15) is 0 Å². The number of benzene rings is 2. The molecule has 0 saturated carbocycles. The zero-order valence-electron chi connectivity index (χ0n) is 13.2. The quantitative estimate of drug-likeness (QED) is 0.847. The summed E-state index contributed by atoms with van der Waals surface area (Å²) in [5, 5.41) is 20.4. The number of ether oxygens (including phenoxy) is 2. The monoisotopic (exact) mass is 313 g/mol. The number of aromatic hydroxyl groups is 2. The minimum Gasteiger partial charge on any atom is -0.504 e. The van der Waals surface area contributed by atoms with Crippen molar-refractivity contribution in [1.29, 1.82) is 0 Å². The molecule has 120 valence electrons. The molecular weight excluding hydrogens is 294 g/mol. The summed E-state index contributed by atoms with van der Waals surface area (Å²) < 4.78 is 11.2. The van der Waals surface area contributed by atoms with Crippen LogP contribution in [0, 0.1) is 0 Å². The fourth-order valence-corrected chi connectivity index (χ4v) is 3.58. The number of phenols is 2. The number of nitrogens with zero attached hydrogens (tertiary/aromatic N) is 1. The van der Waals surface area contributed by atoms with Crippen molar-refractivity contribution in [3.8, 4) is 28.7 Å². The van der Waals surface area contributed by atoms with Gasteiger partial charge in [-0.15, -0.1) is 0 Å². The van der Waals surface area contributed by atoms with Crippen LogP contribution in [0.1, 0.15) is 22.7 Å². The lowest BCUT2D eigenvalue weighted by Gasteiger charge is -2.34. The van der Waals surface area contributed by atoms with E-state index < -0.39 is 0 Å². The highest BCUT2D eigenvalue weighted by molar-refractivity contribution is 5.59. The number of rotatable bonds is 1. The lowest BCUT2D eigenvalue weighted by molar-refractivity contribution is 0.228. The number of fused-ring (bicyclic) bond motifs is 1. The van der Waals surface area contributed by atoms with Crippen LogP contribution < -0.4 is 9.47 Å². The van der Waals surface area contributed by atoms with E-state index in [1.54, 1.807) is 18.2 Å². The van der Waals surface area contributed by atoms with Crippen LogP contribution in [0.5, 0.6) is 28.7 Å². The van der Waals surface area contributed by atoms with Crippen molar-refractivity contribution in [3.63, 3.8) is 0 Å². The van der Waals surface area contributed by atoms with E-state index in [2.05, 4.69) is 11.9 Å². The molecule has 1 atom stereocenters. The third kappa shape index (κ3) is 2.11. The maximum atomic E-state index is 10.3. The molecule has 2 heterocycles. The molecule has 0 aromatic heterocycles. The van der Waals surface area contributed by atoms with Gasteiger partial charge in [0.2, 0.25) is 0 Å². The van der Waals surface area contributed by atoms with E-state index in [1.165, 1.54) is 12.7 Å². The van der Waals surface area contributed by atoms with Gasteiger partial charge < -0.3 is 19.7 Å². The molecule has 0 unspecified atom stereocenters. The Hall–Kier alpha value is -2.40. The Morgan fingerprint density at radius 1 is 1.17 bits per heavy atom. The van der Waals surface area contributed by atoms with Crippen LogP contribution >= 0.6 is 0 Å². The van der Waals surface area contributed by atoms with Gasteiger partial charge in [0, 0.05) is 29.8 Å². The second kappa shape index (κ2) is 5.06. The van der Waals surface area contributed by atoms with Crippen molar-refractivity contribution < 1.29 is 19.7 Å². The van der Waals surface area contributed by atoms with Gasteiger partial charge in [0.05, 0.1) is 7.11 Å². The first-order valence-electron chi connectivity index (χ1n) is 7.71. The lowest BCUT2D eigenvalue weighted by Crippen LogP contribution is -2.33. The standard InChI is InChI=1S/C18H19NO4/c1-19-6-5-10-3-4-13(20)18-17(10)12(19)7-11-8-14(21)16(22-2)9-15(11)23-18/h3-4,8-9,12,20-21H,5-7H2,1-2H3/t12-/m0/s1. The summed E-state index contributed by atoms with van der Waals surface area (Å²) in [5.41, 5.74) is 3.17. The number of hydrogen-bond donors (Lipinski definition) is 2. The average Bonchev–Trinajstić information content (AvgIpc) is 2.70. The predicted octanol–water partition coefficient (Wildman–Crippen LogP) is 2.98. The molecular formula is C18H19NO4. The highest BCUT2D eigenvalue weighted by Gasteiger charge is 2.34. The Labute approximate surface area is 134 Å². The molecule has 5 heteroatoms.